The molecule has 0 aromatic rings. The van der Waals surface area contributed by atoms with E-state index >= 15 is 0 Å². The fraction of sp³-hybridized carbons (Fsp3) is 0.917. The van der Waals surface area contributed by atoms with Crippen LogP contribution in [-0.4, -0.2) is 50.2 Å². The number of ether oxygens (including phenoxy) is 1. The lowest BCUT2D eigenvalue weighted by Crippen LogP contribution is -2.23. The predicted octanol–water partition coefficient (Wildman–Crippen LogP) is 1.26. The van der Waals surface area contributed by atoms with E-state index in [0.29, 0.717) is 19.1 Å². The van der Waals surface area contributed by atoms with E-state index in [9.17, 15) is 8.42 Å². The first-order valence-corrected chi connectivity index (χ1v) is 7.94. The standard InChI is InChI=1S/C12H25NO4S/c1-10(2)9-11(3)13-5-6-17-7-8-18(15,16)12(4)14/h10,12,14H,5-9H2,1-4H3. The van der Waals surface area contributed by atoms with Crippen molar-refractivity contribution >= 4 is 15.5 Å². The highest BCUT2D eigenvalue weighted by atomic mass is 32.2. The minimum absolute atomic E-state index is 0.103. The lowest BCUT2D eigenvalue weighted by Gasteiger charge is -2.07. The Labute approximate surface area is 110 Å². The highest BCUT2D eigenvalue weighted by molar-refractivity contribution is 7.91. The Morgan fingerprint density at radius 1 is 1.28 bits per heavy atom. The molecule has 1 N–H and O–H groups in total. The third-order valence-corrected chi connectivity index (χ3v) is 4.13. The van der Waals surface area contributed by atoms with Crippen molar-refractivity contribution in [1.29, 1.82) is 0 Å². The van der Waals surface area contributed by atoms with Crippen LogP contribution in [0.15, 0.2) is 4.99 Å². The molecule has 0 aliphatic rings. The number of aliphatic hydroxyl groups excluding tert-OH is 1. The third-order valence-electron chi connectivity index (χ3n) is 2.35. The van der Waals surface area contributed by atoms with Gasteiger partial charge < -0.3 is 9.84 Å². The molecule has 0 aliphatic carbocycles. The molecule has 1 atom stereocenters. The molecule has 1 unspecified atom stereocenters. The zero-order valence-electron chi connectivity index (χ0n) is 11.7. The number of rotatable bonds is 9. The number of nitrogens with zero attached hydrogens (tertiary/aromatic N) is 1. The summed E-state index contributed by atoms with van der Waals surface area (Å²) in [5.41, 5.74) is -0.238. The topological polar surface area (TPSA) is 76.0 Å². The monoisotopic (exact) mass is 279 g/mol. The molecule has 108 valence electrons. The summed E-state index contributed by atoms with van der Waals surface area (Å²) >= 11 is 0. The summed E-state index contributed by atoms with van der Waals surface area (Å²) in [4.78, 5) is 4.33. The third kappa shape index (κ3) is 8.60. The Morgan fingerprint density at radius 2 is 1.89 bits per heavy atom. The molecule has 0 rings (SSSR count). The van der Waals surface area contributed by atoms with Gasteiger partial charge in [-0.05, 0) is 26.2 Å². The Hall–Kier alpha value is -0.460. The Kier molecular flexibility index (Phi) is 8.39. The molecule has 6 heteroatoms. The highest BCUT2D eigenvalue weighted by Gasteiger charge is 2.16. The zero-order valence-corrected chi connectivity index (χ0v) is 12.5. The largest absolute Gasteiger partial charge is 0.378 e. The van der Waals surface area contributed by atoms with Gasteiger partial charge in [-0.15, -0.1) is 0 Å². The maximum absolute atomic E-state index is 11.2. The van der Waals surface area contributed by atoms with E-state index in [1.807, 2.05) is 6.92 Å². The molecular weight excluding hydrogens is 254 g/mol. The van der Waals surface area contributed by atoms with Gasteiger partial charge in [0, 0.05) is 5.71 Å². The molecule has 5 nitrogen and oxygen atoms in total. The minimum Gasteiger partial charge on any atom is -0.378 e. The van der Waals surface area contributed by atoms with Crippen molar-refractivity contribution in [2.24, 2.45) is 10.9 Å². The van der Waals surface area contributed by atoms with Crippen LogP contribution >= 0.6 is 0 Å². The van der Waals surface area contributed by atoms with Crippen molar-refractivity contribution < 1.29 is 18.3 Å². The van der Waals surface area contributed by atoms with E-state index in [2.05, 4.69) is 18.8 Å². The van der Waals surface area contributed by atoms with Crippen molar-refractivity contribution in [3.05, 3.63) is 0 Å². The number of aliphatic imine (C=N–C) groups is 1. The summed E-state index contributed by atoms with van der Waals surface area (Å²) < 4.78 is 27.6. The number of hydrogen-bond acceptors (Lipinski definition) is 5. The molecule has 0 amide bonds. The van der Waals surface area contributed by atoms with E-state index in [1.54, 1.807) is 0 Å². The molecule has 0 bridgehead atoms. The van der Waals surface area contributed by atoms with Crippen LogP contribution in [0.4, 0.5) is 0 Å². The molecule has 18 heavy (non-hydrogen) atoms. The summed E-state index contributed by atoms with van der Waals surface area (Å²) in [5.74, 6) is 0.435. The average molecular weight is 279 g/mol. The molecule has 0 heterocycles. The molecule has 0 aromatic carbocycles. The summed E-state index contributed by atoms with van der Waals surface area (Å²) in [6.07, 6.45) is 0.969. The summed E-state index contributed by atoms with van der Waals surface area (Å²) in [7, 11) is -3.42. The number of hydrogen-bond donors (Lipinski definition) is 1. The van der Waals surface area contributed by atoms with E-state index in [4.69, 9.17) is 9.84 Å². The Bertz CT molecular complexity index is 347. The Balaban J connectivity index is 3.70. The van der Waals surface area contributed by atoms with Gasteiger partial charge in [0.25, 0.3) is 0 Å². The molecule has 0 aliphatic heterocycles. The molecule has 0 radical (unpaired) electrons. The highest BCUT2D eigenvalue weighted by Crippen LogP contribution is 2.01. The maximum Gasteiger partial charge on any atom is 0.178 e. The van der Waals surface area contributed by atoms with E-state index in [-0.39, 0.29) is 12.4 Å². The van der Waals surface area contributed by atoms with Crippen molar-refractivity contribution in [3.8, 4) is 0 Å². The lowest BCUT2D eigenvalue weighted by atomic mass is 10.1. The first-order valence-electron chi connectivity index (χ1n) is 6.23. The summed E-state index contributed by atoms with van der Waals surface area (Å²) in [6.45, 7) is 8.56. The van der Waals surface area contributed by atoms with Crippen LogP contribution in [0.25, 0.3) is 0 Å². The molecule has 0 saturated carbocycles. The van der Waals surface area contributed by atoms with Crippen LogP contribution in [0, 0.1) is 5.92 Å². The normalized spacial score (nSPS) is 15.1. The smallest absolute Gasteiger partial charge is 0.178 e. The average Bonchev–Trinajstić information content (AvgIpc) is 2.21. The second-order valence-corrected chi connectivity index (χ2v) is 7.21. The van der Waals surface area contributed by atoms with Crippen molar-refractivity contribution in [2.45, 2.75) is 39.6 Å². The fourth-order valence-electron chi connectivity index (χ4n) is 1.40. The minimum atomic E-state index is -3.42. The summed E-state index contributed by atoms with van der Waals surface area (Å²) in [5, 5.41) is 8.97. The van der Waals surface area contributed by atoms with E-state index < -0.39 is 15.3 Å². The lowest BCUT2D eigenvalue weighted by molar-refractivity contribution is 0.156. The zero-order chi connectivity index (χ0) is 14.2. The second kappa shape index (κ2) is 8.61. The fourth-order valence-corrected chi connectivity index (χ4v) is 2.10. The van der Waals surface area contributed by atoms with Gasteiger partial charge in [0.2, 0.25) is 0 Å². The van der Waals surface area contributed by atoms with Crippen LogP contribution in [-0.2, 0) is 14.6 Å². The number of aliphatic hydroxyl groups is 1. The van der Waals surface area contributed by atoms with Crippen LogP contribution in [0.2, 0.25) is 0 Å². The van der Waals surface area contributed by atoms with Crippen molar-refractivity contribution in [3.63, 3.8) is 0 Å². The van der Waals surface area contributed by atoms with Crippen molar-refractivity contribution in [2.75, 3.05) is 25.5 Å². The van der Waals surface area contributed by atoms with E-state index in [1.165, 1.54) is 6.92 Å². The van der Waals surface area contributed by atoms with Crippen LogP contribution in [0.5, 0.6) is 0 Å². The van der Waals surface area contributed by atoms with Crippen LogP contribution in [0.3, 0.4) is 0 Å². The molecular formula is C12H25NO4S. The second-order valence-electron chi connectivity index (χ2n) is 4.79. The first kappa shape index (κ1) is 17.5. The van der Waals surface area contributed by atoms with Crippen molar-refractivity contribution in [1.82, 2.24) is 0 Å². The quantitative estimate of drug-likeness (QED) is 0.509. The van der Waals surface area contributed by atoms with Gasteiger partial charge >= 0.3 is 0 Å². The van der Waals surface area contributed by atoms with E-state index in [0.717, 1.165) is 12.1 Å². The van der Waals surface area contributed by atoms with Crippen LogP contribution in [0.1, 0.15) is 34.1 Å². The van der Waals surface area contributed by atoms with Gasteiger partial charge in [0.15, 0.2) is 15.3 Å². The van der Waals surface area contributed by atoms with Gasteiger partial charge in [-0.2, -0.15) is 0 Å². The van der Waals surface area contributed by atoms with Gasteiger partial charge in [-0.25, -0.2) is 8.42 Å². The predicted molar refractivity (Wildman–Crippen MR) is 73.7 cm³/mol. The van der Waals surface area contributed by atoms with Gasteiger partial charge in [-0.1, -0.05) is 13.8 Å². The van der Waals surface area contributed by atoms with Gasteiger partial charge in [0.1, 0.15) is 0 Å². The van der Waals surface area contributed by atoms with Gasteiger partial charge in [0.05, 0.1) is 25.5 Å². The van der Waals surface area contributed by atoms with Gasteiger partial charge in [-0.3, -0.25) is 4.99 Å². The SMILES string of the molecule is CC(CC(C)C)=NCCOCCS(=O)(=O)C(C)O. The molecule has 0 aromatic heterocycles. The molecule has 0 fully saturated rings. The number of sulfone groups is 1. The molecule has 0 spiro atoms. The summed E-state index contributed by atoms with van der Waals surface area (Å²) in [6, 6.07) is 0. The van der Waals surface area contributed by atoms with Crippen LogP contribution < -0.4 is 0 Å². The molecule has 0 saturated heterocycles. The first-order chi connectivity index (χ1) is 8.25. The Morgan fingerprint density at radius 3 is 2.39 bits per heavy atom. The maximum atomic E-state index is 11.2.